The lowest BCUT2D eigenvalue weighted by Crippen LogP contribution is -2.45. The van der Waals surface area contributed by atoms with Gasteiger partial charge in [0.05, 0.1) is 11.6 Å². The molecule has 3 N–H and O–H groups in total. The molecule has 2 amide bonds. The van der Waals surface area contributed by atoms with Crippen molar-refractivity contribution in [3.63, 3.8) is 0 Å². The quantitative estimate of drug-likeness (QED) is 0.600. The van der Waals surface area contributed by atoms with E-state index in [-0.39, 0.29) is 17.7 Å². The van der Waals surface area contributed by atoms with Crippen LogP contribution in [0.5, 0.6) is 5.75 Å². The van der Waals surface area contributed by atoms with Crippen LogP contribution < -0.4 is 15.8 Å². The van der Waals surface area contributed by atoms with Crippen LogP contribution in [0.3, 0.4) is 0 Å². The molecule has 7 heteroatoms. The zero-order valence-corrected chi connectivity index (χ0v) is 14.1. The molecule has 0 aliphatic rings. The second-order valence-corrected chi connectivity index (χ2v) is 5.56. The number of amides is 2. The first-order valence-electron chi connectivity index (χ1n) is 7.76. The molecule has 1 atom stereocenters. The summed E-state index contributed by atoms with van der Waals surface area (Å²) >= 11 is 0. The van der Waals surface area contributed by atoms with E-state index in [1.165, 1.54) is 19.1 Å². The topological polar surface area (TPSA) is 122 Å². The number of nitrogens with zero attached hydrogens (tertiary/aromatic N) is 1. The Kier molecular flexibility index (Phi) is 6.06. The monoisotopic (exact) mass is 351 g/mol. The molecule has 0 spiro atoms. The Balaban J connectivity index is 2.11. The molecule has 0 aliphatic carbocycles. The Morgan fingerprint density at radius 3 is 2.46 bits per heavy atom. The Labute approximate surface area is 150 Å². The van der Waals surface area contributed by atoms with Crippen molar-refractivity contribution in [2.45, 2.75) is 19.4 Å². The zero-order valence-electron chi connectivity index (χ0n) is 14.1. The maximum Gasteiger partial charge on any atom is 0.308 e. The molecule has 0 bridgehead atoms. The van der Waals surface area contributed by atoms with E-state index in [0.717, 1.165) is 5.56 Å². The van der Waals surface area contributed by atoms with Gasteiger partial charge in [-0.25, -0.2) is 0 Å². The lowest BCUT2D eigenvalue weighted by molar-refractivity contribution is -0.131. The van der Waals surface area contributed by atoms with Crippen molar-refractivity contribution in [2.24, 2.45) is 5.73 Å². The van der Waals surface area contributed by atoms with Crippen LogP contribution in [0.2, 0.25) is 0 Å². The normalized spacial score (nSPS) is 11.1. The van der Waals surface area contributed by atoms with Crippen molar-refractivity contribution in [1.82, 2.24) is 5.32 Å². The van der Waals surface area contributed by atoms with Gasteiger partial charge in [-0.2, -0.15) is 5.26 Å². The van der Waals surface area contributed by atoms with Gasteiger partial charge in [0.2, 0.25) is 5.91 Å². The van der Waals surface area contributed by atoms with Crippen LogP contribution in [0, 0.1) is 11.3 Å². The molecule has 0 saturated heterocycles. The highest BCUT2D eigenvalue weighted by molar-refractivity contribution is 5.97. The third-order valence-corrected chi connectivity index (χ3v) is 3.53. The highest BCUT2D eigenvalue weighted by atomic mass is 16.5. The van der Waals surface area contributed by atoms with Gasteiger partial charge in [0.15, 0.2) is 0 Å². The minimum atomic E-state index is -0.923. The van der Waals surface area contributed by atoms with E-state index in [9.17, 15) is 14.4 Å². The van der Waals surface area contributed by atoms with E-state index < -0.39 is 23.8 Å². The molecule has 0 fully saturated rings. The number of esters is 1. The molecule has 132 valence electrons. The number of nitriles is 1. The standard InChI is InChI=1S/C19H17N3O4/c1-12(23)26-16-4-2-3-15(10-16)19(25)22-17(18(21)24)9-13-5-7-14(11-20)8-6-13/h2-8,10,17H,9H2,1H3,(H2,21,24)(H,22,25)/t17-/m1/s1. The van der Waals surface area contributed by atoms with Crippen LogP contribution in [-0.4, -0.2) is 23.8 Å². The number of nitrogens with two attached hydrogens (primary N) is 1. The van der Waals surface area contributed by atoms with Crippen LogP contribution in [0.1, 0.15) is 28.4 Å². The first kappa shape index (κ1) is 18.7. The van der Waals surface area contributed by atoms with E-state index in [4.69, 9.17) is 15.7 Å². The van der Waals surface area contributed by atoms with Gasteiger partial charge in [-0.15, -0.1) is 0 Å². The van der Waals surface area contributed by atoms with Crippen molar-refractivity contribution in [1.29, 1.82) is 5.26 Å². The maximum atomic E-state index is 12.4. The van der Waals surface area contributed by atoms with Gasteiger partial charge in [-0.1, -0.05) is 18.2 Å². The smallest absolute Gasteiger partial charge is 0.308 e. The van der Waals surface area contributed by atoms with E-state index in [1.807, 2.05) is 6.07 Å². The number of primary amides is 1. The van der Waals surface area contributed by atoms with Gasteiger partial charge in [0.1, 0.15) is 11.8 Å². The number of nitrogens with one attached hydrogen (secondary N) is 1. The number of carbonyl (C=O) groups is 3. The molecule has 2 rings (SSSR count). The summed E-state index contributed by atoms with van der Waals surface area (Å²) in [7, 11) is 0. The number of hydrogen-bond acceptors (Lipinski definition) is 5. The van der Waals surface area contributed by atoms with Gasteiger partial charge in [0, 0.05) is 18.9 Å². The van der Waals surface area contributed by atoms with Gasteiger partial charge >= 0.3 is 5.97 Å². The number of rotatable bonds is 6. The molecule has 0 radical (unpaired) electrons. The summed E-state index contributed by atoms with van der Waals surface area (Å²) in [5, 5.41) is 11.4. The molecular formula is C19H17N3O4. The average Bonchev–Trinajstić information content (AvgIpc) is 2.61. The SMILES string of the molecule is CC(=O)Oc1cccc(C(=O)N[C@H](Cc2ccc(C#N)cc2)C(N)=O)c1. The molecule has 0 aliphatic heterocycles. The summed E-state index contributed by atoms with van der Waals surface area (Å²) in [6.45, 7) is 1.26. The summed E-state index contributed by atoms with van der Waals surface area (Å²) in [5.74, 6) is -1.47. The number of ether oxygens (including phenoxy) is 1. The lowest BCUT2D eigenvalue weighted by Gasteiger charge is -2.16. The second kappa shape index (κ2) is 8.44. The fourth-order valence-corrected chi connectivity index (χ4v) is 2.28. The van der Waals surface area contributed by atoms with Crippen molar-refractivity contribution in [3.8, 4) is 11.8 Å². The molecule has 2 aromatic rings. The third-order valence-electron chi connectivity index (χ3n) is 3.53. The summed E-state index contributed by atoms with van der Waals surface area (Å²) in [6, 6.07) is 13.8. The first-order chi connectivity index (χ1) is 12.4. The number of hydrogen-bond donors (Lipinski definition) is 2. The highest BCUT2D eigenvalue weighted by Crippen LogP contribution is 2.14. The molecular weight excluding hydrogens is 334 g/mol. The fraction of sp³-hybridized carbons (Fsp3) is 0.158. The molecule has 26 heavy (non-hydrogen) atoms. The predicted molar refractivity (Wildman–Crippen MR) is 93.1 cm³/mol. The second-order valence-electron chi connectivity index (χ2n) is 5.56. The zero-order chi connectivity index (χ0) is 19.1. The van der Waals surface area contributed by atoms with Gasteiger partial charge < -0.3 is 15.8 Å². The minimum Gasteiger partial charge on any atom is -0.427 e. The molecule has 0 saturated carbocycles. The van der Waals surface area contributed by atoms with Crippen LogP contribution in [-0.2, 0) is 16.0 Å². The fourth-order valence-electron chi connectivity index (χ4n) is 2.28. The van der Waals surface area contributed by atoms with Crippen LogP contribution in [0.4, 0.5) is 0 Å². The van der Waals surface area contributed by atoms with Crippen LogP contribution in [0.15, 0.2) is 48.5 Å². The molecule has 0 heterocycles. The third kappa shape index (κ3) is 5.18. The average molecular weight is 351 g/mol. The van der Waals surface area contributed by atoms with E-state index in [0.29, 0.717) is 5.56 Å². The number of carbonyl (C=O) groups excluding carboxylic acids is 3. The van der Waals surface area contributed by atoms with Gasteiger partial charge in [-0.3, -0.25) is 14.4 Å². The van der Waals surface area contributed by atoms with E-state index in [1.54, 1.807) is 36.4 Å². The van der Waals surface area contributed by atoms with Crippen molar-refractivity contribution in [2.75, 3.05) is 0 Å². The van der Waals surface area contributed by atoms with Gasteiger partial charge in [0.25, 0.3) is 5.91 Å². The molecule has 0 aromatic heterocycles. The van der Waals surface area contributed by atoms with Crippen molar-refractivity contribution >= 4 is 17.8 Å². The lowest BCUT2D eigenvalue weighted by atomic mass is 10.0. The maximum absolute atomic E-state index is 12.4. The predicted octanol–water partition coefficient (Wildman–Crippen LogP) is 1.31. The Hall–Kier alpha value is -3.66. The number of benzene rings is 2. The Morgan fingerprint density at radius 1 is 1.19 bits per heavy atom. The Morgan fingerprint density at radius 2 is 1.88 bits per heavy atom. The van der Waals surface area contributed by atoms with E-state index in [2.05, 4.69) is 5.32 Å². The molecule has 7 nitrogen and oxygen atoms in total. The summed E-state index contributed by atoms with van der Waals surface area (Å²) < 4.78 is 4.94. The summed E-state index contributed by atoms with van der Waals surface area (Å²) in [6.07, 6.45) is 0.191. The van der Waals surface area contributed by atoms with Crippen molar-refractivity contribution in [3.05, 3.63) is 65.2 Å². The van der Waals surface area contributed by atoms with E-state index >= 15 is 0 Å². The minimum absolute atomic E-state index is 0.191. The van der Waals surface area contributed by atoms with Crippen LogP contribution >= 0.6 is 0 Å². The molecule has 0 unspecified atom stereocenters. The Bertz CT molecular complexity index is 869. The summed E-state index contributed by atoms with van der Waals surface area (Å²) in [5.41, 5.74) is 6.87. The molecule has 2 aromatic carbocycles. The summed E-state index contributed by atoms with van der Waals surface area (Å²) in [4.78, 5) is 35.1. The first-order valence-corrected chi connectivity index (χ1v) is 7.76. The van der Waals surface area contributed by atoms with Crippen molar-refractivity contribution < 1.29 is 19.1 Å². The largest absolute Gasteiger partial charge is 0.427 e. The highest BCUT2D eigenvalue weighted by Gasteiger charge is 2.20. The van der Waals surface area contributed by atoms with Gasteiger partial charge in [-0.05, 0) is 35.9 Å². The van der Waals surface area contributed by atoms with Crippen LogP contribution in [0.25, 0.3) is 0 Å².